The minimum atomic E-state index is -2.65. The quantitative estimate of drug-likeness (QED) is 0.273. The summed E-state index contributed by atoms with van der Waals surface area (Å²) < 4.78 is 42.1. The van der Waals surface area contributed by atoms with Crippen molar-refractivity contribution in [3.63, 3.8) is 0 Å². The Bertz CT molecular complexity index is 1590. The third-order valence-corrected chi connectivity index (χ3v) is 12.8. The number of carbonyl (C=O) groups is 3. The van der Waals surface area contributed by atoms with Crippen molar-refractivity contribution >= 4 is 17.7 Å². The summed E-state index contributed by atoms with van der Waals surface area (Å²) in [5.74, 6) is -3.00. The highest BCUT2D eigenvalue weighted by Crippen LogP contribution is 2.54. The summed E-state index contributed by atoms with van der Waals surface area (Å²) in [6, 6.07) is 9.41. The van der Waals surface area contributed by atoms with Crippen LogP contribution in [0.1, 0.15) is 101 Å². The summed E-state index contributed by atoms with van der Waals surface area (Å²) in [6.45, 7) is 8.85. The molecular formula is C41H57F2N5O5. The highest BCUT2D eigenvalue weighted by atomic mass is 19.3. The van der Waals surface area contributed by atoms with Crippen molar-refractivity contribution in [2.45, 2.75) is 116 Å². The summed E-state index contributed by atoms with van der Waals surface area (Å²) in [5, 5.41) is 7.70. The van der Waals surface area contributed by atoms with Crippen molar-refractivity contribution in [3.8, 4) is 0 Å². The number of alkyl halides is 2. The molecule has 2 aromatic rings. The van der Waals surface area contributed by atoms with E-state index in [1.807, 2.05) is 42.2 Å². The van der Waals surface area contributed by atoms with E-state index in [4.69, 9.17) is 9.47 Å². The zero-order valence-electron chi connectivity index (χ0n) is 31.6. The molecule has 3 aliphatic carbocycles. The first-order valence-electron chi connectivity index (χ1n) is 19.9. The molecule has 1 N–H and O–H groups in total. The van der Waals surface area contributed by atoms with E-state index < -0.39 is 23.3 Å². The predicted octanol–water partition coefficient (Wildman–Crippen LogP) is 5.94. The van der Waals surface area contributed by atoms with Crippen LogP contribution < -0.4 is 5.32 Å². The molecule has 1 aromatic heterocycles. The molecule has 2 aliphatic heterocycles. The van der Waals surface area contributed by atoms with Gasteiger partial charge >= 0.3 is 0 Å². The number of carbonyl (C=O) groups excluding carboxylic acids is 3. The van der Waals surface area contributed by atoms with Crippen LogP contribution in [0.2, 0.25) is 0 Å². The predicted molar refractivity (Wildman–Crippen MR) is 195 cm³/mol. The Hall–Kier alpha value is -3.38. The first kappa shape index (κ1) is 37.9. The fraction of sp³-hybridized carbons (Fsp3) is 0.707. The average molecular weight is 738 g/mol. The fourth-order valence-electron chi connectivity index (χ4n) is 9.05. The Kier molecular flexibility index (Phi) is 11.0. The number of hydrogen-bond donors (Lipinski definition) is 1. The monoisotopic (exact) mass is 737 g/mol. The van der Waals surface area contributed by atoms with Crippen LogP contribution in [0.15, 0.2) is 42.7 Å². The molecule has 290 valence electrons. The molecule has 53 heavy (non-hydrogen) atoms. The Morgan fingerprint density at radius 3 is 2.32 bits per heavy atom. The van der Waals surface area contributed by atoms with Crippen molar-refractivity contribution in [3.05, 3.63) is 53.9 Å². The van der Waals surface area contributed by atoms with Gasteiger partial charge in [0.15, 0.2) is 0 Å². The van der Waals surface area contributed by atoms with E-state index in [1.165, 1.54) is 19.3 Å². The Morgan fingerprint density at radius 2 is 1.64 bits per heavy atom. The summed E-state index contributed by atoms with van der Waals surface area (Å²) in [7, 11) is 0. The zero-order chi connectivity index (χ0) is 37.4. The van der Waals surface area contributed by atoms with Gasteiger partial charge in [-0.1, -0.05) is 63.4 Å². The summed E-state index contributed by atoms with van der Waals surface area (Å²) in [6.07, 6.45) is 9.57. The fourth-order valence-corrected chi connectivity index (χ4v) is 9.05. The van der Waals surface area contributed by atoms with Crippen molar-refractivity contribution in [1.82, 2.24) is 24.9 Å². The van der Waals surface area contributed by atoms with E-state index in [-0.39, 0.29) is 80.1 Å². The van der Waals surface area contributed by atoms with Crippen LogP contribution in [0.4, 0.5) is 8.78 Å². The number of halogens is 2. The number of benzene rings is 1. The van der Waals surface area contributed by atoms with E-state index in [0.717, 1.165) is 24.8 Å². The number of rotatable bonds is 13. The number of ether oxygens (including phenoxy) is 2. The molecule has 3 saturated carbocycles. The molecule has 12 heteroatoms. The van der Waals surface area contributed by atoms with Gasteiger partial charge in [-0.05, 0) is 55.9 Å². The van der Waals surface area contributed by atoms with Gasteiger partial charge in [0.25, 0.3) is 5.91 Å². The molecule has 2 saturated heterocycles. The number of nitrogens with one attached hydrogen (secondary N) is 1. The molecule has 0 bridgehead atoms. The third-order valence-electron chi connectivity index (χ3n) is 12.8. The Balaban J connectivity index is 1.05. The van der Waals surface area contributed by atoms with Crippen molar-refractivity contribution < 1.29 is 32.6 Å². The second kappa shape index (κ2) is 15.4. The molecule has 7 rings (SSSR count). The lowest BCUT2D eigenvalue weighted by atomic mass is 9.70. The van der Waals surface area contributed by atoms with Crippen LogP contribution in [-0.4, -0.2) is 101 Å². The van der Waals surface area contributed by atoms with E-state index in [0.29, 0.717) is 44.3 Å². The largest absolute Gasteiger partial charge is 0.376 e. The van der Waals surface area contributed by atoms with Crippen molar-refractivity contribution in [2.75, 3.05) is 39.4 Å². The topological polar surface area (TPSA) is 106 Å². The minimum absolute atomic E-state index is 0.00912. The highest BCUT2D eigenvalue weighted by molar-refractivity contribution is 5.95. The lowest BCUT2D eigenvalue weighted by Crippen LogP contribution is -2.65. The molecule has 0 unspecified atom stereocenters. The van der Waals surface area contributed by atoms with Crippen LogP contribution in [0, 0.1) is 28.6 Å². The third kappa shape index (κ3) is 8.79. The lowest BCUT2D eigenvalue weighted by Gasteiger charge is -2.50. The maximum atomic E-state index is 14.5. The molecule has 1 spiro atoms. The lowest BCUT2D eigenvalue weighted by molar-refractivity contribution is -0.152. The SMILES string of the molecule is C[C@@H](OCC1CCCCC1)[C@@H](COC1CCC(F)(F)CC1)NC(=O)[C@@H]1CN(C(=O)c2cnn(Cc3ccccc3)c2)CC12CN(C(=O)[C@H]1CC1(C)C)C2. The van der Waals surface area contributed by atoms with Gasteiger partial charge in [-0.15, -0.1) is 0 Å². The summed E-state index contributed by atoms with van der Waals surface area (Å²) >= 11 is 0. The van der Waals surface area contributed by atoms with Crippen molar-refractivity contribution in [1.29, 1.82) is 0 Å². The molecule has 1 aromatic carbocycles. The first-order chi connectivity index (χ1) is 25.3. The van der Waals surface area contributed by atoms with Crippen LogP contribution in [0.25, 0.3) is 0 Å². The van der Waals surface area contributed by atoms with Crippen LogP contribution in [0.5, 0.6) is 0 Å². The van der Waals surface area contributed by atoms with Gasteiger partial charge in [0.1, 0.15) is 0 Å². The number of likely N-dealkylation sites (tertiary alicyclic amines) is 2. The number of amides is 3. The molecule has 0 radical (unpaired) electrons. The van der Waals surface area contributed by atoms with E-state index in [9.17, 15) is 23.2 Å². The number of hydrogen-bond acceptors (Lipinski definition) is 6. The highest BCUT2D eigenvalue weighted by Gasteiger charge is 2.62. The van der Waals surface area contributed by atoms with Gasteiger partial charge in [-0.25, -0.2) is 8.78 Å². The van der Waals surface area contributed by atoms with Gasteiger partial charge in [0.05, 0.1) is 49.1 Å². The molecule has 3 amide bonds. The standard InChI is InChI=1S/C41H57F2N5O5/c1-28(52-23-30-12-8-5-9-13-30)35(24-53-32-14-16-41(42,43)17-15-32)45-36(49)34-22-46(25-40(34)26-47(27-40)38(51)33-18-39(33,2)3)37(50)31-19-44-48(21-31)20-29-10-6-4-7-11-29/h4,6-7,10-11,19,21,28,30,32-35H,5,8-9,12-18,20,22-27H2,1-3H3,(H,45,49)/t28-,33-,34+,35-/m1/s1. The van der Waals surface area contributed by atoms with Gasteiger partial charge in [0, 0.05) is 63.2 Å². The Morgan fingerprint density at radius 1 is 0.962 bits per heavy atom. The summed E-state index contributed by atoms with van der Waals surface area (Å²) in [4.78, 5) is 45.5. The molecule has 3 heterocycles. The van der Waals surface area contributed by atoms with Crippen LogP contribution in [-0.2, 0) is 25.6 Å². The average Bonchev–Trinajstić information content (AvgIpc) is 3.43. The van der Waals surface area contributed by atoms with E-state index in [1.54, 1.807) is 22.0 Å². The number of nitrogens with zero attached hydrogens (tertiary/aromatic N) is 4. The van der Waals surface area contributed by atoms with E-state index >= 15 is 0 Å². The maximum absolute atomic E-state index is 14.5. The van der Waals surface area contributed by atoms with Gasteiger partial charge in [-0.3, -0.25) is 19.1 Å². The van der Waals surface area contributed by atoms with Gasteiger partial charge < -0.3 is 24.6 Å². The molecule has 4 atom stereocenters. The van der Waals surface area contributed by atoms with E-state index in [2.05, 4.69) is 24.3 Å². The van der Waals surface area contributed by atoms with Crippen LogP contribution >= 0.6 is 0 Å². The molecular weight excluding hydrogens is 680 g/mol. The second-order valence-electron chi connectivity index (χ2n) is 17.5. The second-order valence-corrected chi connectivity index (χ2v) is 17.5. The normalized spacial score (nSPS) is 26.2. The molecule has 5 aliphatic rings. The minimum Gasteiger partial charge on any atom is -0.376 e. The van der Waals surface area contributed by atoms with Crippen molar-refractivity contribution in [2.24, 2.45) is 28.6 Å². The molecule has 10 nitrogen and oxygen atoms in total. The summed E-state index contributed by atoms with van der Waals surface area (Å²) in [5.41, 5.74) is 0.935. The Labute approximate surface area is 312 Å². The maximum Gasteiger partial charge on any atom is 0.257 e. The molecule has 5 fully saturated rings. The van der Waals surface area contributed by atoms with Gasteiger partial charge in [0.2, 0.25) is 17.7 Å². The van der Waals surface area contributed by atoms with Gasteiger partial charge in [-0.2, -0.15) is 5.10 Å². The van der Waals surface area contributed by atoms with Crippen LogP contribution in [0.3, 0.4) is 0 Å². The smallest absolute Gasteiger partial charge is 0.257 e. The number of aromatic nitrogens is 2. The first-order valence-corrected chi connectivity index (χ1v) is 19.9. The zero-order valence-corrected chi connectivity index (χ0v) is 31.6.